The van der Waals surface area contributed by atoms with E-state index >= 15 is 0 Å². The van der Waals surface area contributed by atoms with Gasteiger partial charge in [-0.05, 0) is 25.3 Å². The van der Waals surface area contributed by atoms with Crippen molar-refractivity contribution in [2.24, 2.45) is 12.5 Å². The predicted octanol–water partition coefficient (Wildman–Crippen LogP) is 2.67. The van der Waals surface area contributed by atoms with Crippen LogP contribution in [0.4, 0.5) is 0 Å². The van der Waals surface area contributed by atoms with Crippen LogP contribution in [0.3, 0.4) is 0 Å². The molecule has 0 bridgehead atoms. The van der Waals surface area contributed by atoms with Gasteiger partial charge in [0.15, 0.2) is 0 Å². The van der Waals surface area contributed by atoms with Crippen molar-refractivity contribution in [1.29, 1.82) is 0 Å². The Balaban J connectivity index is 2.09. The van der Waals surface area contributed by atoms with E-state index in [1.807, 2.05) is 11.7 Å². The number of aromatic nitrogens is 2. The normalized spacial score (nSPS) is 18.5. The summed E-state index contributed by atoms with van der Waals surface area (Å²) < 4.78 is 1.86. The summed E-state index contributed by atoms with van der Waals surface area (Å²) in [5.74, 6) is 0.389. The Hall–Kier alpha value is -1.12. The van der Waals surface area contributed by atoms with E-state index < -0.39 is 0 Å². The highest BCUT2D eigenvalue weighted by molar-refractivity contribution is 5.86. The van der Waals surface area contributed by atoms with Gasteiger partial charge in [-0.15, -0.1) is 0 Å². The van der Waals surface area contributed by atoms with Crippen LogP contribution < -0.4 is 0 Å². The highest BCUT2D eigenvalue weighted by Gasteiger charge is 2.35. The molecule has 1 aromatic heterocycles. The average Bonchev–Trinajstić information content (AvgIpc) is 2.87. The predicted molar refractivity (Wildman–Crippen MR) is 67.9 cm³/mol. The molecule has 1 aromatic rings. The Kier molecular flexibility index (Phi) is 3.36. The summed E-state index contributed by atoms with van der Waals surface area (Å²) in [5.41, 5.74) is 2.06. The van der Waals surface area contributed by atoms with E-state index in [9.17, 15) is 4.79 Å². The molecule has 1 heterocycles. The van der Waals surface area contributed by atoms with Gasteiger partial charge in [0.25, 0.3) is 0 Å². The van der Waals surface area contributed by atoms with Gasteiger partial charge in [-0.1, -0.05) is 26.7 Å². The number of Topliss-reactive ketones (excluding diaryl/α,β-unsaturated/α-hetero) is 1. The van der Waals surface area contributed by atoms with Crippen LogP contribution in [0.2, 0.25) is 0 Å². The minimum absolute atomic E-state index is 0.0728. The van der Waals surface area contributed by atoms with Crippen LogP contribution in [0, 0.1) is 5.41 Å². The highest BCUT2D eigenvalue weighted by Crippen LogP contribution is 2.39. The van der Waals surface area contributed by atoms with Crippen molar-refractivity contribution in [2.45, 2.75) is 52.4 Å². The SMILES string of the molecule is CCc1cc(CC(=O)C2(C)CCCC2)n(C)n1. The number of hydrogen-bond donors (Lipinski definition) is 0. The number of aryl methyl sites for hydroxylation is 2. The molecule has 2 rings (SSSR count). The molecule has 0 atom stereocenters. The standard InChI is InChI=1S/C14H22N2O/c1-4-11-9-12(16(3)15-11)10-13(17)14(2)7-5-6-8-14/h9H,4-8,10H2,1-3H3. The lowest BCUT2D eigenvalue weighted by atomic mass is 9.82. The first-order chi connectivity index (χ1) is 8.05. The Labute approximate surface area is 103 Å². The Morgan fingerprint density at radius 2 is 2.12 bits per heavy atom. The van der Waals surface area contributed by atoms with Crippen LogP contribution in [0.15, 0.2) is 6.07 Å². The van der Waals surface area contributed by atoms with E-state index in [1.54, 1.807) is 0 Å². The lowest BCUT2D eigenvalue weighted by molar-refractivity contribution is -0.127. The third-order valence-corrected chi connectivity index (χ3v) is 4.11. The van der Waals surface area contributed by atoms with Gasteiger partial charge < -0.3 is 0 Å². The molecule has 0 saturated heterocycles. The summed E-state index contributed by atoms with van der Waals surface area (Å²) in [7, 11) is 1.93. The average molecular weight is 234 g/mol. The lowest BCUT2D eigenvalue weighted by Crippen LogP contribution is -2.26. The molecular weight excluding hydrogens is 212 g/mol. The van der Waals surface area contributed by atoms with Crippen molar-refractivity contribution in [1.82, 2.24) is 9.78 Å². The molecule has 17 heavy (non-hydrogen) atoms. The van der Waals surface area contributed by atoms with Crippen molar-refractivity contribution in [2.75, 3.05) is 0 Å². The van der Waals surface area contributed by atoms with E-state index in [0.717, 1.165) is 30.7 Å². The first-order valence-electron chi connectivity index (χ1n) is 6.60. The van der Waals surface area contributed by atoms with Crippen molar-refractivity contribution < 1.29 is 4.79 Å². The second-order valence-corrected chi connectivity index (χ2v) is 5.47. The van der Waals surface area contributed by atoms with Gasteiger partial charge in [0.2, 0.25) is 0 Å². The Bertz CT molecular complexity index is 414. The van der Waals surface area contributed by atoms with Crippen molar-refractivity contribution in [3.8, 4) is 0 Å². The summed E-state index contributed by atoms with van der Waals surface area (Å²) >= 11 is 0. The van der Waals surface area contributed by atoms with Crippen LogP contribution >= 0.6 is 0 Å². The van der Waals surface area contributed by atoms with Gasteiger partial charge in [-0.3, -0.25) is 9.48 Å². The largest absolute Gasteiger partial charge is 0.299 e. The van der Waals surface area contributed by atoms with Crippen LogP contribution in [-0.2, 0) is 24.7 Å². The summed E-state index contributed by atoms with van der Waals surface area (Å²) in [4.78, 5) is 12.3. The zero-order valence-electron chi connectivity index (χ0n) is 11.1. The minimum Gasteiger partial charge on any atom is -0.299 e. The number of carbonyl (C=O) groups is 1. The van der Waals surface area contributed by atoms with Crippen LogP contribution in [-0.4, -0.2) is 15.6 Å². The van der Waals surface area contributed by atoms with Crippen molar-refractivity contribution >= 4 is 5.78 Å². The molecule has 3 nitrogen and oxygen atoms in total. The molecule has 1 aliphatic carbocycles. The quantitative estimate of drug-likeness (QED) is 0.802. The van der Waals surface area contributed by atoms with E-state index in [1.165, 1.54) is 12.8 Å². The highest BCUT2D eigenvalue weighted by atomic mass is 16.1. The third-order valence-electron chi connectivity index (χ3n) is 4.11. The smallest absolute Gasteiger partial charge is 0.144 e. The molecule has 0 unspecified atom stereocenters. The monoisotopic (exact) mass is 234 g/mol. The minimum atomic E-state index is -0.0728. The van der Waals surface area contributed by atoms with Crippen molar-refractivity contribution in [3.05, 3.63) is 17.5 Å². The van der Waals surface area contributed by atoms with Crippen LogP contribution in [0.25, 0.3) is 0 Å². The molecule has 0 spiro atoms. The van der Waals surface area contributed by atoms with Crippen LogP contribution in [0.5, 0.6) is 0 Å². The van der Waals surface area contributed by atoms with Gasteiger partial charge >= 0.3 is 0 Å². The molecule has 0 N–H and O–H groups in total. The molecule has 1 fully saturated rings. The van der Waals surface area contributed by atoms with Gasteiger partial charge in [0, 0.05) is 24.6 Å². The molecule has 1 saturated carbocycles. The molecule has 0 amide bonds. The second kappa shape index (κ2) is 4.63. The molecule has 0 radical (unpaired) electrons. The van der Waals surface area contributed by atoms with Gasteiger partial charge in [0.05, 0.1) is 5.69 Å². The summed E-state index contributed by atoms with van der Waals surface area (Å²) in [5, 5.41) is 4.40. The summed E-state index contributed by atoms with van der Waals surface area (Å²) in [6.45, 7) is 4.21. The summed E-state index contributed by atoms with van der Waals surface area (Å²) in [6.07, 6.45) is 6.00. The van der Waals surface area contributed by atoms with Gasteiger partial charge in [0.1, 0.15) is 5.78 Å². The molecule has 0 aromatic carbocycles. The summed E-state index contributed by atoms with van der Waals surface area (Å²) in [6, 6.07) is 2.07. The fourth-order valence-corrected chi connectivity index (χ4v) is 2.72. The van der Waals surface area contributed by atoms with E-state index in [4.69, 9.17) is 0 Å². The first kappa shape index (κ1) is 12.3. The zero-order valence-corrected chi connectivity index (χ0v) is 11.1. The van der Waals surface area contributed by atoms with Gasteiger partial charge in [-0.25, -0.2) is 0 Å². The van der Waals surface area contributed by atoms with Crippen molar-refractivity contribution in [3.63, 3.8) is 0 Å². The lowest BCUT2D eigenvalue weighted by Gasteiger charge is -2.21. The zero-order chi connectivity index (χ0) is 12.5. The number of hydrogen-bond acceptors (Lipinski definition) is 2. The fraction of sp³-hybridized carbons (Fsp3) is 0.714. The van der Waals surface area contributed by atoms with E-state index in [0.29, 0.717) is 12.2 Å². The molecule has 0 aliphatic heterocycles. The number of carbonyl (C=O) groups excluding carboxylic acids is 1. The maximum absolute atomic E-state index is 12.3. The molecular formula is C14H22N2O. The Morgan fingerprint density at radius 3 is 2.65 bits per heavy atom. The van der Waals surface area contributed by atoms with E-state index in [-0.39, 0.29) is 5.41 Å². The topological polar surface area (TPSA) is 34.9 Å². The van der Waals surface area contributed by atoms with E-state index in [2.05, 4.69) is 25.0 Å². The second-order valence-electron chi connectivity index (χ2n) is 5.47. The maximum atomic E-state index is 12.3. The number of nitrogens with zero attached hydrogens (tertiary/aromatic N) is 2. The molecule has 1 aliphatic rings. The van der Waals surface area contributed by atoms with Crippen LogP contribution in [0.1, 0.15) is 50.9 Å². The fourth-order valence-electron chi connectivity index (χ4n) is 2.72. The van der Waals surface area contributed by atoms with Gasteiger partial charge in [-0.2, -0.15) is 5.10 Å². The number of ketones is 1. The molecule has 3 heteroatoms. The third kappa shape index (κ3) is 2.43. The first-order valence-corrected chi connectivity index (χ1v) is 6.60. The number of rotatable bonds is 4. The molecule has 94 valence electrons. The maximum Gasteiger partial charge on any atom is 0.144 e. The Morgan fingerprint density at radius 1 is 1.47 bits per heavy atom.